The summed E-state index contributed by atoms with van der Waals surface area (Å²) in [5.41, 5.74) is 0. The van der Waals surface area contributed by atoms with Crippen LogP contribution in [0.2, 0.25) is 0 Å². The minimum atomic E-state index is -0.593. The van der Waals surface area contributed by atoms with Gasteiger partial charge in [-0.15, -0.1) is 0 Å². The molecule has 1 aliphatic rings. The number of methoxy groups -OCH3 is 1. The fourth-order valence-electron chi connectivity index (χ4n) is 2.52. The fraction of sp³-hybridized carbons (Fsp3) is 0.846. The first-order chi connectivity index (χ1) is 8.54. The van der Waals surface area contributed by atoms with Crippen molar-refractivity contribution in [1.82, 2.24) is 10.6 Å². The van der Waals surface area contributed by atoms with E-state index in [9.17, 15) is 9.59 Å². The van der Waals surface area contributed by atoms with Crippen molar-refractivity contribution >= 4 is 11.9 Å². The maximum Gasteiger partial charge on any atom is 0.329 e. The molecule has 0 aromatic heterocycles. The lowest BCUT2D eigenvalue weighted by molar-refractivity contribution is -0.144. The van der Waals surface area contributed by atoms with Crippen LogP contribution < -0.4 is 10.6 Å². The molecular weight excluding hydrogens is 232 g/mol. The third-order valence-electron chi connectivity index (χ3n) is 3.66. The second kappa shape index (κ2) is 7.36. The zero-order valence-corrected chi connectivity index (χ0v) is 11.5. The van der Waals surface area contributed by atoms with Gasteiger partial charge in [-0.05, 0) is 24.8 Å². The molecule has 2 N–H and O–H groups in total. The van der Waals surface area contributed by atoms with Gasteiger partial charge in [0.2, 0.25) is 5.91 Å². The number of nitrogens with one attached hydrogen (secondary N) is 2. The summed E-state index contributed by atoms with van der Waals surface area (Å²) in [4.78, 5) is 22.5. The summed E-state index contributed by atoms with van der Waals surface area (Å²) in [6.45, 7) is 4.99. The number of hydrogen-bond donors (Lipinski definition) is 2. The molecule has 0 spiro atoms. The molecule has 0 aromatic carbocycles. The van der Waals surface area contributed by atoms with Crippen LogP contribution in [-0.4, -0.2) is 38.1 Å². The Balaban J connectivity index is 2.32. The predicted molar refractivity (Wildman–Crippen MR) is 69.0 cm³/mol. The Bertz CT molecular complexity index is 294. The summed E-state index contributed by atoms with van der Waals surface area (Å²) in [6, 6.07) is -0.593. The normalized spacial score (nSPS) is 24.6. The first kappa shape index (κ1) is 15.0. The molecule has 1 fully saturated rings. The van der Waals surface area contributed by atoms with Crippen molar-refractivity contribution in [3.05, 3.63) is 0 Å². The van der Waals surface area contributed by atoms with E-state index in [1.807, 2.05) is 0 Å². The van der Waals surface area contributed by atoms with Crippen molar-refractivity contribution in [2.75, 3.05) is 20.2 Å². The van der Waals surface area contributed by atoms with Crippen LogP contribution >= 0.6 is 0 Å². The molecule has 18 heavy (non-hydrogen) atoms. The first-order valence-electron chi connectivity index (χ1n) is 6.60. The zero-order chi connectivity index (χ0) is 13.5. The maximum absolute atomic E-state index is 11.5. The van der Waals surface area contributed by atoms with E-state index in [4.69, 9.17) is 0 Å². The number of hydrogen-bond acceptors (Lipinski definition) is 4. The summed E-state index contributed by atoms with van der Waals surface area (Å²) in [7, 11) is 1.33. The van der Waals surface area contributed by atoms with Crippen LogP contribution in [-0.2, 0) is 14.3 Å². The van der Waals surface area contributed by atoms with Gasteiger partial charge in [0.1, 0.15) is 6.04 Å². The van der Waals surface area contributed by atoms with E-state index in [0.29, 0.717) is 12.5 Å². The van der Waals surface area contributed by atoms with Gasteiger partial charge in [-0.2, -0.15) is 0 Å². The smallest absolute Gasteiger partial charge is 0.329 e. The van der Waals surface area contributed by atoms with E-state index < -0.39 is 12.0 Å². The van der Waals surface area contributed by atoms with Crippen molar-refractivity contribution in [3.8, 4) is 0 Å². The summed E-state index contributed by atoms with van der Waals surface area (Å²) >= 11 is 0. The summed E-state index contributed by atoms with van der Waals surface area (Å²) in [6.07, 6.45) is 3.83. The van der Waals surface area contributed by atoms with E-state index in [0.717, 1.165) is 12.5 Å². The molecule has 0 aliphatic heterocycles. The third kappa shape index (κ3) is 4.64. The second-order valence-electron chi connectivity index (χ2n) is 5.10. The van der Waals surface area contributed by atoms with Gasteiger partial charge < -0.3 is 15.4 Å². The van der Waals surface area contributed by atoms with Crippen LogP contribution in [0, 0.1) is 11.8 Å². The van der Waals surface area contributed by atoms with Gasteiger partial charge in [0, 0.05) is 13.5 Å². The van der Waals surface area contributed by atoms with Crippen LogP contribution in [0.3, 0.4) is 0 Å². The highest BCUT2D eigenvalue weighted by molar-refractivity contribution is 5.83. The largest absolute Gasteiger partial charge is 0.467 e. The minimum absolute atomic E-state index is 0.221. The molecular formula is C13H24N2O3. The number of carbonyl (C=O) groups is 2. The average Bonchev–Trinajstić information content (AvgIpc) is 2.72. The van der Waals surface area contributed by atoms with Gasteiger partial charge in [-0.1, -0.05) is 19.8 Å². The van der Waals surface area contributed by atoms with Gasteiger partial charge in [-0.3, -0.25) is 4.79 Å². The molecule has 0 saturated heterocycles. The van der Waals surface area contributed by atoms with E-state index >= 15 is 0 Å². The number of amides is 1. The van der Waals surface area contributed by atoms with Gasteiger partial charge in [0.25, 0.3) is 0 Å². The van der Waals surface area contributed by atoms with Crippen molar-refractivity contribution in [2.45, 2.75) is 39.2 Å². The Morgan fingerprint density at radius 2 is 2.11 bits per heavy atom. The lowest BCUT2D eigenvalue weighted by Gasteiger charge is -2.19. The molecule has 3 unspecified atom stereocenters. The fourth-order valence-corrected chi connectivity index (χ4v) is 2.52. The molecule has 1 saturated carbocycles. The molecule has 0 aromatic rings. The molecule has 0 bridgehead atoms. The molecule has 104 valence electrons. The molecule has 0 heterocycles. The standard InChI is InChI=1S/C13H24N2O3/c1-9-5-4-6-11(9)7-14-8-12(13(17)18-3)15-10(2)16/h9,11-12,14H,4-8H2,1-3H3,(H,15,16). The summed E-state index contributed by atoms with van der Waals surface area (Å²) < 4.78 is 4.66. The van der Waals surface area contributed by atoms with Crippen LogP contribution in [0.5, 0.6) is 0 Å². The van der Waals surface area contributed by atoms with Gasteiger partial charge in [0.05, 0.1) is 7.11 Å². The van der Waals surface area contributed by atoms with Crippen molar-refractivity contribution in [3.63, 3.8) is 0 Å². The first-order valence-corrected chi connectivity index (χ1v) is 6.60. The molecule has 1 rings (SSSR count). The van der Waals surface area contributed by atoms with E-state index in [1.165, 1.54) is 33.3 Å². The monoisotopic (exact) mass is 256 g/mol. The Morgan fingerprint density at radius 1 is 1.39 bits per heavy atom. The lowest BCUT2D eigenvalue weighted by Crippen LogP contribution is -2.47. The maximum atomic E-state index is 11.5. The Labute approximate surface area is 109 Å². The highest BCUT2D eigenvalue weighted by Crippen LogP contribution is 2.30. The second-order valence-corrected chi connectivity index (χ2v) is 5.10. The van der Waals surface area contributed by atoms with E-state index in [1.54, 1.807) is 0 Å². The number of carbonyl (C=O) groups excluding carboxylic acids is 2. The van der Waals surface area contributed by atoms with Crippen LogP contribution in [0.1, 0.15) is 33.1 Å². The van der Waals surface area contributed by atoms with Gasteiger partial charge in [0.15, 0.2) is 0 Å². The lowest BCUT2D eigenvalue weighted by atomic mass is 9.98. The summed E-state index contributed by atoms with van der Waals surface area (Å²) in [5.74, 6) is 0.800. The molecule has 5 heteroatoms. The molecule has 5 nitrogen and oxygen atoms in total. The van der Waals surface area contributed by atoms with E-state index in [-0.39, 0.29) is 5.91 Å². The zero-order valence-electron chi connectivity index (χ0n) is 11.5. The van der Waals surface area contributed by atoms with Crippen LogP contribution in [0.4, 0.5) is 0 Å². The van der Waals surface area contributed by atoms with Crippen molar-refractivity contribution < 1.29 is 14.3 Å². The Morgan fingerprint density at radius 3 is 2.61 bits per heavy atom. The SMILES string of the molecule is COC(=O)C(CNCC1CCCC1C)NC(C)=O. The van der Waals surface area contributed by atoms with Crippen LogP contribution in [0.15, 0.2) is 0 Å². The molecule has 3 atom stereocenters. The molecule has 1 amide bonds. The number of ether oxygens (including phenoxy) is 1. The van der Waals surface area contributed by atoms with Crippen molar-refractivity contribution in [1.29, 1.82) is 0 Å². The van der Waals surface area contributed by atoms with E-state index in [2.05, 4.69) is 22.3 Å². The third-order valence-corrected chi connectivity index (χ3v) is 3.66. The summed E-state index contributed by atoms with van der Waals surface area (Å²) in [5, 5.41) is 5.85. The predicted octanol–water partition coefficient (Wildman–Crippen LogP) is 0.690. The molecule has 0 radical (unpaired) electrons. The highest BCUT2D eigenvalue weighted by atomic mass is 16.5. The number of rotatable bonds is 6. The van der Waals surface area contributed by atoms with Gasteiger partial charge in [-0.25, -0.2) is 4.79 Å². The molecule has 1 aliphatic carbocycles. The quantitative estimate of drug-likeness (QED) is 0.686. The van der Waals surface area contributed by atoms with Crippen molar-refractivity contribution in [2.24, 2.45) is 11.8 Å². The van der Waals surface area contributed by atoms with Gasteiger partial charge >= 0.3 is 5.97 Å². The Kier molecular flexibility index (Phi) is 6.12. The topological polar surface area (TPSA) is 67.4 Å². The minimum Gasteiger partial charge on any atom is -0.467 e. The highest BCUT2D eigenvalue weighted by Gasteiger charge is 2.24. The Hall–Kier alpha value is -1.10. The van der Waals surface area contributed by atoms with Crippen LogP contribution in [0.25, 0.3) is 0 Å². The number of esters is 1. The average molecular weight is 256 g/mol.